The van der Waals surface area contributed by atoms with E-state index in [2.05, 4.69) is 0 Å². The predicted octanol–water partition coefficient (Wildman–Crippen LogP) is 2.62. The lowest BCUT2D eigenvalue weighted by atomic mass is 10.2. The van der Waals surface area contributed by atoms with Crippen molar-refractivity contribution in [2.24, 2.45) is 0 Å². The van der Waals surface area contributed by atoms with Gasteiger partial charge in [0.25, 0.3) is 10.1 Å². The van der Waals surface area contributed by atoms with Crippen molar-refractivity contribution in [1.29, 1.82) is 0 Å². The molecule has 178 valence electrons. The molecule has 0 N–H and O–H groups in total. The van der Waals surface area contributed by atoms with Crippen molar-refractivity contribution in [3.05, 3.63) is 29.8 Å². The number of ether oxygens (including phenoxy) is 4. The Labute approximate surface area is 185 Å². The van der Waals surface area contributed by atoms with Crippen LogP contribution in [-0.4, -0.2) is 84.9 Å². The number of carbonyl (C=O) groups excluding carboxylic acids is 1. The van der Waals surface area contributed by atoms with Gasteiger partial charge in [0.2, 0.25) is 0 Å². The first kappa shape index (κ1) is 27.3. The van der Waals surface area contributed by atoms with Crippen LogP contribution in [0.4, 0.5) is 4.79 Å². The highest BCUT2D eigenvalue weighted by molar-refractivity contribution is 7.86. The first-order valence-corrected chi connectivity index (χ1v) is 11.6. The van der Waals surface area contributed by atoms with E-state index in [0.29, 0.717) is 39.6 Å². The summed E-state index contributed by atoms with van der Waals surface area (Å²) in [7, 11) is -2.11. The summed E-state index contributed by atoms with van der Waals surface area (Å²) in [6.45, 7) is 9.64. The molecule has 0 saturated carbocycles. The molecule has 0 atom stereocenters. The molecule has 0 radical (unpaired) electrons. The Morgan fingerprint density at radius 3 is 1.87 bits per heavy atom. The molecule has 0 unspecified atom stereocenters. The van der Waals surface area contributed by atoms with Crippen molar-refractivity contribution in [2.45, 2.75) is 38.2 Å². The lowest BCUT2D eigenvalue weighted by molar-refractivity contribution is 0.00213. The third kappa shape index (κ3) is 12.7. The van der Waals surface area contributed by atoms with Gasteiger partial charge in [-0.3, -0.25) is 4.18 Å². The van der Waals surface area contributed by atoms with Crippen molar-refractivity contribution in [3.8, 4) is 0 Å². The van der Waals surface area contributed by atoms with E-state index in [1.165, 1.54) is 17.0 Å². The van der Waals surface area contributed by atoms with E-state index in [9.17, 15) is 13.2 Å². The van der Waals surface area contributed by atoms with Crippen LogP contribution in [0, 0.1) is 6.92 Å². The number of carbonyl (C=O) groups is 1. The molecule has 1 rings (SSSR count). The van der Waals surface area contributed by atoms with Gasteiger partial charge in [0.1, 0.15) is 5.60 Å². The number of amides is 1. The molecule has 0 aliphatic rings. The fraction of sp³-hybridized carbons (Fsp3) is 0.667. The van der Waals surface area contributed by atoms with Crippen molar-refractivity contribution in [1.82, 2.24) is 4.90 Å². The largest absolute Gasteiger partial charge is 0.444 e. The Kier molecular flexibility index (Phi) is 12.0. The molecule has 31 heavy (non-hydrogen) atoms. The van der Waals surface area contributed by atoms with Crippen LogP contribution < -0.4 is 0 Å². The molecule has 0 heterocycles. The summed E-state index contributed by atoms with van der Waals surface area (Å²) < 4.78 is 50.3. The van der Waals surface area contributed by atoms with Crippen molar-refractivity contribution in [2.75, 3.05) is 59.8 Å². The number of hydrogen-bond acceptors (Lipinski definition) is 8. The second kappa shape index (κ2) is 13.6. The first-order chi connectivity index (χ1) is 14.5. The summed E-state index contributed by atoms with van der Waals surface area (Å²) >= 11 is 0. The van der Waals surface area contributed by atoms with Gasteiger partial charge in [0, 0.05) is 13.6 Å². The van der Waals surface area contributed by atoms with Gasteiger partial charge in [-0.15, -0.1) is 0 Å². The van der Waals surface area contributed by atoms with E-state index < -0.39 is 15.7 Å². The molecule has 0 aromatic heterocycles. The van der Waals surface area contributed by atoms with Crippen LogP contribution in [0.25, 0.3) is 0 Å². The maximum absolute atomic E-state index is 12.0. The zero-order valence-corrected chi connectivity index (χ0v) is 19.9. The predicted molar refractivity (Wildman–Crippen MR) is 116 cm³/mol. The number of likely N-dealkylation sites (N-methyl/N-ethyl adjacent to an activating group) is 1. The molecular formula is C21H35NO8S. The number of hydrogen-bond donors (Lipinski definition) is 0. The van der Waals surface area contributed by atoms with Crippen LogP contribution in [0.2, 0.25) is 0 Å². The van der Waals surface area contributed by atoms with Crippen molar-refractivity contribution in [3.63, 3.8) is 0 Å². The zero-order chi connectivity index (χ0) is 23.3. The lowest BCUT2D eigenvalue weighted by Crippen LogP contribution is -2.36. The van der Waals surface area contributed by atoms with Gasteiger partial charge in [-0.1, -0.05) is 17.7 Å². The Morgan fingerprint density at radius 2 is 1.35 bits per heavy atom. The van der Waals surface area contributed by atoms with Gasteiger partial charge in [0.05, 0.1) is 51.1 Å². The molecule has 10 heteroatoms. The molecule has 0 aliphatic carbocycles. The van der Waals surface area contributed by atoms with E-state index in [-0.39, 0.29) is 24.2 Å². The van der Waals surface area contributed by atoms with E-state index in [0.717, 1.165) is 5.56 Å². The smallest absolute Gasteiger partial charge is 0.410 e. The minimum Gasteiger partial charge on any atom is -0.444 e. The van der Waals surface area contributed by atoms with Gasteiger partial charge < -0.3 is 23.8 Å². The maximum atomic E-state index is 12.0. The fourth-order valence-corrected chi connectivity index (χ4v) is 3.04. The Hall–Kier alpha value is -1.72. The second-order valence-electron chi connectivity index (χ2n) is 7.83. The average molecular weight is 462 g/mol. The van der Waals surface area contributed by atoms with Gasteiger partial charge in [-0.2, -0.15) is 8.42 Å². The molecule has 0 saturated heterocycles. The fourth-order valence-electron chi connectivity index (χ4n) is 2.15. The van der Waals surface area contributed by atoms with E-state index in [1.54, 1.807) is 19.2 Å². The quantitative estimate of drug-likeness (QED) is 0.308. The summed E-state index contributed by atoms with van der Waals surface area (Å²) in [4.78, 5) is 13.4. The molecule has 0 spiro atoms. The highest BCUT2D eigenvalue weighted by atomic mass is 32.2. The van der Waals surface area contributed by atoms with E-state index >= 15 is 0 Å². The van der Waals surface area contributed by atoms with Crippen LogP contribution in [0.1, 0.15) is 26.3 Å². The van der Waals surface area contributed by atoms with Crippen LogP contribution in [0.15, 0.2) is 29.2 Å². The van der Waals surface area contributed by atoms with E-state index in [1.807, 2.05) is 27.7 Å². The van der Waals surface area contributed by atoms with Crippen LogP contribution >= 0.6 is 0 Å². The first-order valence-electron chi connectivity index (χ1n) is 10.1. The molecule has 0 fully saturated rings. The van der Waals surface area contributed by atoms with Crippen LogP contribution in [0.5, 0.6) is 0 Å². The molecule has 0 bridgehead atoms. The highest BCUT2D eigenvalue weighted by Crippen LogP contribution is 2.13. The van der Waals surface area contributed by atoms with Gasteiger partial charge in [0.15, 0.2) is 0 Å². The lowest BCUT2D eigenvalue weighted by Gasteiger charge is -2.24. The Balaban J connectivity index is 1.98. The number of rotatable bonds is 14. The van der Waals surface area contributed by atoms with Gasteiger partial charge in [-0.25, -0.2) is 4.79 Å². The molecule has 1 amide bonds. The van der Waals surface area contributed by atoms with Crippen molar-refractivity contribution >= 4 is 16.2 Å². The molecule has 1 aromatic rings. The Morgan fingerprint density at radius 1 is 0.871 bits per heavy atom. The minimum absolute atomic E-state index is 0.0650. The molecular weight excluding hydrogens is 426 g/mol. The second-order valence-corrected chi connectivity index (χ2v) is 9.44. The standard InChI is InChI=1S/C21H35NO8S/c1-18-6-8-19(9-7-18)31(24,25)29-17-16-28-15-14-27-13-12-26-11-10-22(5)20(23)30-21(2,3)4/h6-9H,10-17H2,1-5H3. The zero-order valence-electron chi connectivity index (χ0n) is 19.1. The van der Waals surface area contributed by atoms with Crippen LogP contribution in [-0.2, 0) is 33.2 Å². The number of aryl methyl sites for hydroxylation is 1. The third-order valence-electron chi connectivity index (χ3n) is 3.80. The van der Waals surface area contributed by atoms with Gasteiger partial charge >= 0.3 is 6.09 Å². The SMILES string of the molecule is Cc1ccc(S(=O)(=O)OCCOCCOCCOCCN(C)C(=O)OC(C)(C)C)cc1. The average Bonchev–Trinajstić information content (AvgIpc) is 2.67. The minimum atomic E-state index is -3.77. The molecule has 9 nitrogen and oxygen atoms in total. The van der Waals surface area contributed by atoms with Crippen LogP contribution in [0.3, 0.4) is 0 Å². The topological polar surface area (TPSA) is 101 Å². The maximum Gasteiger partial charge on any atom is 0.410 e. The normalized spacial score (nSPS) is 12.0. The number of benzene rings is 1. The molecule has 1 aromatic carbocycles. The summed E-state index contributed by atoms with van der Waals surface area (Å²) in [5.74, 6) is 0. The summed E-state index contributed by atoms with van der Waals surface area (Å²) in [6, 6.07) is 6.45. The summed E-state index contributed by atoms with van der Waals surface area (Å²) in [5, 5.41) is 0. The monoisotopic (exact) mass is 461 g/mol. The Bertz CT molecular complexity index is 744. The molecule has 0 aliphatic heterocycles. The third-order valence-corrected chi connectivity index (χ3v) is 5.12. The number of nitrogens with zero attached hydrogens (tertiary/aromatic N) is 1. The van der Waals surface area contributed by atoms with Gasteiger partial charge in [-0.05, 0) is 39.8 Å². The van der Waals surface area contributed by atoms with Crippen molar-refractivity contribution < 1.29 is 36.3 Å². The highest BCUT2D eigenvalue weighted by Gasteiger charge is 2.19. The summed E-state index contributed by atoms with van der Waals surface area (Å²) in [6.07, 6.45) is -0.389. The van der Waals surface area contributed by atoms with E-state index in [4.69, 9.17) is 23.1 Å². The summed E-state index contributed by atoms with van der Waals surface area (Å²) in [5.41, 5.74) is 0.449.